The van der Waals surface area contributed by atoms with Gasteiger partial charge in [-0.1, -0.05) is 25.3 Å². The van der Waals surface area contributed by atoms with Crippen molar-refractivity contribution in [1.82, 2.24) is 29.0 Å². The Hall–Kier alpha value is -1.96. The lowest BCUT2D eigenvalue weighted by Gasteiger charge is -2.40. The summed E-state index contributed by atoms with van der Waals surface area (Å²) >= 11 is 0. The smallest absolute Gasteiger partial charge is 0.274 e. The van der Waals surface area contributed by atoms with Gasteiger partial charge in [-0.15, -0.1) is 0 Å². The molecule has 0 N–H and O–H groups in total. The number of pyridine rings is 1. The molecular formula is C26H38N6O. The lowest BCUT2D eigenvalue weighted by Crippen LogP contribution is -2.52. The van der Waals surface area contributed by atoms with Crippen molar-refractivity contribution in [2.24, 2.45) is 0 Å². The van der Waals surface area contributed by atoms with Gasteiger partial charge < -0.3 is 9.30 Å². The highest BCUT2D eigenvalue weighted by Gasteiger charge is 2.33. The molecule has 1 saturated carbocycles. The molecule has 4 aliphatic rings. The minimum Gasteiger partial charge on any atom is -0.335 e. The Morgan fingerprint density at radius 3 is 2.45 bits per heavy atom. The normalized spacial score (nSPS) is 26.2. The number of amides is 1. The van der Waals surface area contributed by atoms with Gasteiger partial charge in [0.1, 0.15) is 5.65 Å². The Morgan fingerprint density at radius 2 is 1.61 bits per heavy atom. The minimum atomic E-state index is 0.122. The number of hydrogen-bond donors (Lipinski definition) is 0. The van der Waals surface area contributed by atoms with Gasteiger partial charge in [0.05, 0.1) is 5.69 Å². The molecule has 1 aliphatic carbocycles. The summed E-state index contributed by atoms with van der Waals surface area (Å²) in [6, 6.07) is 7.50. The van der Waals surface area contributed by atoms with Crippen LogP contribution in [0.25, 0.3) is 5.65 Å². The summed E-state index contributed by atoms with van der Waals surface area (Å²) in [6.07, 6.45) is 11.5. The molecule has 0 aromatic carbocycles. The first-order valence-electron chi connectivity index (χ1n) is 13.2. The number of hydrogen-bond acceptors (Lipinski definition) is 5. The van der Waals surface area contributed by atoms with Crippen molar-refractivity contribution in [1.29, 1.82) is 0 Å². The van der Waals surface area contributed by atoms with E-state index < -0.39 is 0 Å². The molecule has 0 unspecified atom stereocenters. The molecule has 2 aromatic rings. The highest BCUT2D eigenvalue weighted by Crippen LogP contribution is 2.26. The van der Waals surface area contributed by atoms with Crippen LogP contribution >= 0.6 is 0 Å². The minimum absolute atomic E-state index is 0.122. The van der Waals surface area contributed by atoms with Crippen LogP contribution in [0.1, 0.15) is 61.1 Å². The number of fused-ring (bicyclic) bond motifs is 2. The van der Waals surface area contributed by atoms with Crippen LogP contribution in [0, 0.1) is 0 Å². The summed E-state index contributed by atoms with van der Waals surface area (Å²) in [5, 5.41) is 0. The van der Waals surface area contributed by atoms with Crippen molar-refractivity contribution in [2.45, 2.75) is 63.6 Å². The number of carbonyl (C=O) groups excluding carboxylic acids is 1. The Bertz CT molecular complexity index is 974. The summed E-state index contributed by atoms with van der Waals surface area (Å²) in [5.41, 5.74) is 2.62. The van der Waals surface area contributed by atoms with Crippen LogP contribution in [0.4, 0.5) is 0 Å². The average Bonchev–Trinajstić information content (AvgIpc) is 3.49. The maximum absolute atomic E-state index is 13.7. The van der Waals surface area contributed by atoms with Gasteiger partial charge in [-0.05, 0) is 44.4 Å². The summed E-state index contributed by atoms with van der Waals surface area (Å²) in [6.45, 7) is 9.04. The lowest BCUT2D eigenvalue weighted by molar-refractivity contribution is 0.0515. The molecule has 33 heavy (non-hydrogen) atoms. The fourth-order valence-corrected chi connectivity index (χ4v) is 6.67. The maximum atomic E-state index is 13.7. The standard InChI is InChI=1S/C26H38N6O/c33-26(31-17-15-30(16-18-31)21-7-2-1-3-8-21)25-23(32-12-5-4-10-24(32)27-25)20-28-13-14-29-11-6-9-22(29)19-28/h4-5,10,12,21-22H,1-3,6-9,11,13-20H2/t22-/m0/s1. The van der Waals surface area contributed by atoms with Crippen LogP contribution in [-0.2, 0) is 6.54 Å². The molecule has 178 valence electrons. The van der Waals surface area contributed by atoms with E-state index in [0.717, 1.165) is 69.7 Å². The van der Waals surface area contributed by atoms with E-state index in [1.165, 1.54) is 51.5 Å². The number of piperazine rings is 2. The van der Waals surface area contributed by atoms with Gasteiger partial charge >= 0.3 is 0 Å². The van der Waals surface area contributed by atoms with Gasteiger partial charge in [-0.2, -0.15) is 0 Å². The van der Waals surface area contributed by atoms with Crippen molar-refractivity contribution in [2.75, 3.05) is 52.4 Å². The van der Waals surface area contributed by atoms with Crippen LogP contribution in [0.15, 0.2) is 24.4 Å². The molecule has 7 nitrogen and oxygen atoms in total. The van der Waals surface area contributed by atoms with Crippen LogP contribution in [0.3, 0.4) is 0 Å². The van der Waals surface area contributed by atoms with Gasteiger partial charge in [-0.25, -0.2) is 4.98 Å². The molecule has 0 spiro atoms. The summed E-state index contributed by atoms with van der Waals surface area (Å²) in [4.78, 5) is 28.4. The summed E-state index contributed by atoms with van der Waals surface area (Å²) < 4.78 is 2.15. The Labute approximate surface area is 197 Å². The van der Waals surface area contributed by atoms with E-state index in [2.05, 4.69) is 30.2 Å². The van der Waals surface area contributed by atoms with E-state index >= 15 is 0 Å². The lowest BCUT2D eigenvalue weighted by atomic mass is 9.94. The largest absolute Gasteiger partial charge is 0.335 e. The third-order valence-electron chi connectivity index (χ3n) is 8.57. The van der Waals surface area contributed by atoms with Gasteiger partial charge in [0, 0.05) is 70.6 Å². The zero-order valence-corrected chi connectivity index (χ0v) is 19.9. The van der Waals surface area contributed by atoms with E-state index in [9.17, 15) is 4.79 Å². The van der Waals surface area contributed by atoms with Crippen molar-refractivity contribution in [3.05, 3.63) is 35.8 Å². The Kier molecular flexibility index (Phi) is 6.11. The predicted octanol–water partition coefficient (Wildman–Crippen LogP) is 2.70. The number of aromatic nitrogens is 2. The molecule has 1 atom stereocenters. The first kappa shape index (κ1) is 21.6. The van der Waals surface area contributed by atoms with Crippen molar-refractivity contribution in [3.8, 4) is 0 Å². The fraction of sp³-hybridized carbons (Fsp3) is 0.692. The van der Waals surface area contributed by atoms with E-state index in [4.69, 9.17) is 4.98 Å². The van der Waals surface area contributed by atoms with Crippen LogP contribution in [-0.4, -0.2) is 99.3 Å². The van der Waals surface area contributed by atoms with Crippen molar-refractivity contribution >= 4 is 11.6 Å². The zero-order chi connectivity index (χ0) is 22.2. The Morgan fingerprint density at radius 1 is 0.848 bits per heavy atom. The molecule has 5 heterocycles. The third-order valence-corrected chi connectivity index (χ3v) is 8.57. The highest BCUT2D eigenvalue weighted by molar-refractivity contribution is 5.94. The predicted molar refractivity (Wildman–Crippen MR) is 129 cm³/mol. The molecule has 1 amide bonds. The molecule has 0 bridgehead atoms. The molecule has 3 saturated heterocycles. The zero-order valence-electron chi connectivity index (χ0n) is 19.9. The van der Waals surface area contributed by atoms with Gasteiger partial charge in [0.25, 0.3) is 5.91 Å². The number of rotatable bonds is 4. The molecular weight excluding hydrogens is 412 g/mol. The first-order valence-corrected chi connectivity index (χ1v) is 13.2. The van der Waals surface area contributed by atoms with E-state index in [1.807, 2.05) is 18.2 Å². The summed E-state index contributed by atoms with van der Waals surface area (Å²) in [5.74, 6) is 0.122. The van der Waals surface area contributed by atoms with E-state index in [-0.39, 0.29) is 5.91 Å². The second kappa shape index (κ2) is 9.35. The van der Waals surface area contributed by atoms with Gasteiger partial charge in [0.2, 0.25) is 0 Å². The molecule has 0 radical (unpaired) electrons. The van der Waals surface area contributed by atoms with Crippen LogP contribution < -0.4 is 0 Å². The molecule has 4 fully saturated rings. The van der Waals surface area contributed by atoms with E-state index in [0.29, 0.717) is 11.7 Å². The van der Waals surface area contributed by atoms with Gasteiger partial charge in [-0.3, -0.25) is 19.5 Å². The molecule has 2 aromatic heterocycles. The molecule has 6 rings (SSSR count). The topological polar surface area (TPSA) is 47.3 Å². The summed E-state index contributed by atoms with van der Waals surface area (Å²) in [7, 11) is 0. The number of imidazole rings is 1. The average molecular weight is 451 g/mol. The van der Waals surface area contributed by atoms with Gasteiger partial charge in [0.15, 0.2) is 5.69 Å². The number of carbonyl (C=O) groups is 1. The van der Waals surface area contributed by atoms with Crippen LogP contribution in [0.5, 0.6) is 0 Å². The third kappa shape index (κ3) is 4.31. The van der Waals surface area contributed by atoms with Crippen molar-refractivity contribution in [3.63, 3.8) is 0 Å². The maximum Gasteiger partial charge on any atom is 0.274 e. The Balaban J connectivity index is 1.18. The second-order valence-corrected chi connectivity index (χ2v) is 10.5. The SMILES string of the molecule is O=C(c1nc2ccccn2c1CN1CCN2CCC[C@H]2C1)N1CCN(C2CCCCC2)CC1. The van der Waals surface area contributed by atoms with E-state index in [1.54, 1.807) is 0 Å². The second-order valence-electron chi connectivity index (χ2n) is 10.5. The molecule has 3 aliphatic heterocycles. The van der Waals surface area contributed by atoms with Crippen molar-refractivity contribution < 1.29 is 4.79 Å². The highest BCUT2D eigenvalue weighted by atomic mass is 16.2. The quantitative estimate of drug-likeness (QED) is 0.717. The first-order chi connectivity index (χ1) is 16.3. The fourth-order valence-electron chi connectivity index (χ4n) is 6.67. The van der Waals surface area contributed by atoms with Crippen LogP contribution in [0.2, 0.25) is 0 Å². The number of nitrogens with zero attached hydrogens (tertiary/aromatic N) is 6. The molecule has 7 heteroatoms. The monoisotopic (exact) mass is 450 g/mol.